The molecule has 0 saturated heterocycles. The van der Waals surface area contributed by atoms with Gasteiger partial charge in [0.25, 0.3) is 5.91 Å². The highest BCUT2D eigenvalue weighted by Gasteiger charge is 2.22. The molecule has 5 nitrogen and oxygen atoms in total. The maximum atomic E-state index is 11.8. The Hall–Kier alpha value is -2.17. The van der Waals surface area contributed by atoms with E-state index < -0.39 is 0 Å². The number of benzene rings is 1. The van der Waals surface area contributed by atoms with Crippen LogP contribution in [0, 0.1) is 0 Å². The van der Waals surface area contributed by atoms with Crippen molar-refractivity contribution in [3.05, 3.63) is 24.0 Å². The Balaban J connectivity index is 2.25. The van der Waals surface area contributed by atoms with Crippen LogP contribution in [0.2, 0.25) is 0 Å². The summed E-state index contributed by atoms with van der Waals surface area (Å²) in [6.45, 7) is 1.28. The number of fused-ring (bicyclic) bond motifs is 3. The molecule has 1 aliphatic rings. The number of hydrogen-bond acceptors (Lipinski definition) is 4. The molecule has 0 saturated carbocycles. The molecule has 0 radical (unpaired) electrons. The highest BCUT2D eigenvalue weighted by molar-refractivity contribution is 6.07. The first kappa shape index (κ1) is 10.0. The molecule has 1 amide bonds. The zero-order valence-electron chi connectivity index (χ0n) is 9.37. The highest BCUT2D eigenvalue weighted by Crippen LogP contribution is 2.33. The fraction of sp³-hybridized carbons (Fsp3) is 0.250. The molecule has 17 heavy (non-hydrogen) atoms. The predicted molar refractivity (Wildman–Crippen MR) is 63.6 cm³/mol. The third kappa shape index (κ3) is 1.51. The standard InChI is InChI=1S/C12H12N2O3/c1-16-7-2-3-9-8(6-7)10-11(17-9)12(15)14-5-4-13-10/h2-3,6,13H,4-5H2,1H3,(H,14,15). The fourth-order valence-corrected chi connectivity index (χ4v) is 1.98. The average Bonchev–Trinajstić information content (AvgIpc) is 2.62. The molecule has 1 aliphatic heterocycles. The summed E-state index contributed by atoms with van der Waals surface area (Å²) < 4.78 is 10.7. The lowest BCUT2D eigenvalue weighted by atomic mass is 10.2. The van der Waals surface area contributed by atoms with Gasteiger partial charge in [0.1, 0.15) is 11.3 Å². The van der Waals surface area contributed by atoms with Gasteiger partial charge in [0.15, 0.2) is 0 Å². The van der Waals surface area contributed by atoms with Crippen LogP contribution in [0.1, 0.15) is 10.6 Å². The Labute approximate surface area is 97.7 Å². The summed E-state index contributed by atoms with van der Waals surface area (Å²) in [5, 5.41) is 6.83. The van der Waals surface area contributed by atoms with Gasteiger partial charge in [-0.25, -0.2) is 0 Å². The molecule has 2 aromatic rings. The number of ether oxygens (including phenoxy) is 1. The van der Waals surface area contributed by atoms with Crippen molar-refractivity contribution in [3.63, 3.8) is 0 Å². The van der Waals surface area contributed by atoms with E-state index in [2.05, 4.69) is 10.6 Å². The van der Waals surface area contributed by atoms with Crippen molar-refractivity contribution in [2.75, 3.05) is 25.5 Å². The molecule has 3 rings (SSSR count). The first-order valence-electron chi connectivity index (χ1n) is 5.42. The number of carbonyl (C=O) groups excluding carboxylic acids is 1. The van der Waals surface area contributed by atoms with Gasteiger partial charge in [-0.1, -0.05) is 0 Å². The second-order valence-corrected chi connectivity index (χ2v) is 3.85. The SMILES string of the molecule is COc1ccc2oc3c(c2c1)NCCNC3=O. The molecular formula is C12H12N2O3. The van der Waals surface area contributed by atoms with Gasteiger partial charge >= 0.3 is 0 Å². The molecule has 0 fully saturated rings. The summed E-state index contributed by atoms with van der Waals surface area (Å²) in [6, 6.07) is 5.48. The van der Waals surface area contributed by atoms with Gasteiger partial charge in [0.2, 0.25) is 5.76 Å². The third-order valence-corrected chi connectivity index (χ3v) is 2.81. The van der Waals surface area contributed by atoms with Crippen LogP contribution >= 0.6 is 0 Å². The molecular weight excluding hydrogens is 220 g/mol. The van der Waals surface area contributed by atoms with Crippen molar-refractivity contribution < 1.29 is 13.9 Å². The Morgan fingerprint density at radius 3 is 2.94 bits per heavy atom. The van der Waals surface area contributed by atoms with Crippen LogP contribution < -0.4 is 15.4 Å². The molecule has 1 aromatic heterocycles. The van der Waals surface area contributed by atoms with Crippen molar-refractivity contribution in [1.82, 2.24) is 5.32 Å². The minimum atomic E-state index is -0.180. The third-order valence-electron chi connectivity index (χ3n) is 2.81. The van der Waals surface area contributed by atoms with Crippen molar-refractivity contribution in [2.24, 2.45) is 0 Å². The van der Waals surface area contributed by atoms with Gasteiger partial charge < -0.3 is 19.8 Å². The first-order valence-corrected chi connectivity index (χ1v) is 5.42. The monoisotopic (exact) mass is 232 g/mol. The summed E-state index contributed by atoms with van der Waals surface area (Å²) in [5.41, 5.74) is 1.43. The number of carbonyl (C=O) groups is 1. The van der Waals surface area contributed by atoms with Gasteiger partial charge in [0, 0.05) is 18.5 Å². The van der Waals surface area contributed by atoms with Crippen LogP contribution in [-0.4, -0.2) is 26.1 Å². The number of rotatable bonds is 1. The molecule has 0 unspecified atom stereocenters. The molecule has 1 aromatic carbocycles. The second-order valence-electron chi connectivity index (χ2n) is 3.85. The zero-order valence-corrected chi connectivity index (χ0v) is 9.37. The van der Waals surface area contributed by atoms with E-state index in [0.29, 0.717) is 24.4 Å². The van der Waals surface area contributed by atoms with Crippen molar-refractivity contribution >= 4 is 22.6 Å². The average molecular weight is 232 g/mol. The smallest absolute Gasteiger partial charge is 0.289 e. The topological polar surface area (TPSA) is 63.5 Å². The first-order chi connectivity index (χ1) is 8.29. The number of anilines is 1. The predicted octanol–water partition coefficient (Wildman–Crippen LogP) is 1.60. The molecule has 2 N–H and O–H groups in total. The van der Waals surface area contributed by atoms with Crippen LogP contribution in [0.3, 0.4) is 0 Å². The summed E-state index contributed by atoms with van der Waals surface area (Å²) in [7, 11) is 1.61. The number of amides is 1. The van der Waals surface area contributed by atoms with E-state index in [0.717, 1.165) is 16.8 Å². The maximum absolute atomic E-state index is 11.8. The van der Waals surface area contributed by atoms with E-state index in [-0.39, 0.29) is 5.91 Å². The Bertz CT molecular complexity index is 589. The van der Waals surface area contributed by atoms with Gasteiger partial charge in [-0.15, -0.1) is 0 Å². The van der Waals surface area contributed by atoms with Crippen LogP contribution in [0.5, 0.6) is 5.75 Å². The minimum Gasteiger partial charge on any atom is -0.497 e. The Morgan fingerprint density at radius 2 is 2.12 bits per heavy atom. The van der Waals surface area contributed by atoms with Crippen LogP contribution in [-0.2, 0) is 0 Å². The highest BCUT2D eigenvalue weighted by atomic mass is 16.5. The van der Waals surface area contributed by atoms with Gasteiger partial charge in [-0.3, -0.25) is 4.79 Å². The summed E-state index contributed by atoms with van der Waals surface area (Å²) in [5.74, 6) is 0.901. The fourth-order valence-electron chi connectivity index (χ4n) is 1.98. The zero-order chi connectivity index (χ0) is 11.8. The lowest BCUT2D eigenvalue weighted by molar-refractivity contribution is 0.0933. The van der Waals surface area contributed by atoms with Gasteiger partial charge in [-0.2, -0.15) is 0 Å². The van der Waals surface area contributed by atoms with Crippen molar-refractivity contribution in [2.45, 2.75) is 0 Å². The normalized spacial score (nSPS) is 14.8. The minimum absolute atomic E-state index is 0.180. The lowest BCUT2D eigenvalue weighted by Crippen LogP contribution is -2.24. The van der Waals surface area contributed by atoms with Gasteiger partial charge in [-0.05, 0) is 18.2 Å². The molecule has 0 aliphatic carbocycles. The van der Waals surface area contributed by atoms with Crippen molar-refractivity contribution in [1.29, 1.82) is 0 Å². The quantitative estimate of drug-likeness (QED) is 0.783. The molecule has 0 spiro atoms. The molecule has 5 heteroatoms. The van der Waals surface area contributed by atoms with E-state index >= 15 is 0 Å². The van der Waals surface area contributed by atoms with E-state index in [1.165, 1.54) is 0 Å². The largest absolute Gasteiger partial charge is 0.497 e. The lowest BCUT2D eigenvalue weighted by Gasteiger charge is -2.02. The van der Waals surface area contributed by atoms with Crippen molar-refractivity contribution in [3.8, 4) is 5.75 Å². The second kappa shape index (κ2) is 3.69. The van der Waals surface area contributed by atoms with Gasteiger partial charge in [0.05, 0.1) is 12.8 Å². The Morgan fingerprint density at radius 1 is 1.29 bits per heavy atom. The van der Waals surface area contributed by atoms with E-state index in [1.54, 1.807) is 13.2 Å². The van der Waals surface area contributed by atoms with Crippen LogP contribution in [0.4, 0.5) is 5.69 Å². The summed E-state index contributed by atoms with van der Waals surface area (Å²) >= 11 is 0. The molecule has 88 valence electrons. The maximum Gasteiger partial charge on any atom is 0.289 e. The molecule has 2 heterocycles. The number of hydrogen-bond donors (Lipinski definition) is 2. The number of furan rings is 1. The van der Waals surface area contributed by atoms with E-state index in [9.17, 15) is 4.79 Å². The molecule has 0 bridgehead atoms. The summed E-state index contributed by atoms with van der Waals surface area (Å²) in [6.07, 6.45) is 0. The number of nitrogens with one attached hydrogen (secondary N) is 2. The summed E-state index contributed by atoms with van der Waals surface area (Å²) in [4.78, 5) is 11.8. The molecule has 0 atom stereocenters. The Kier molecular flexibility index (Phi) is 2.18. The van der Waals surface area contributed by atoms with Crippen LogP contribution in [0.25, 0.3) is 11.0 Å². The van der Waals surface area contributed by atoms with E-state index in [4.69, 9.17) is 9.15 Å². The van der Waals surface area contributed by atoms with Crippen LogP contribution in [0.15, 0.2) is 22.6 Å². The van der Waals surface area contributed by atoms with E-state index in [1.807, 2.05) is 12.1 Å². The number of methoxy groups -OCH3 is 1.